The zero-order chi connectivity index (χ0) is 20.5. The summed E-state index contributed by atoms with van der Waals surface area (Å²) < 4.78 is 161. The van der Waals surface area contributed by atoms with Gasteiger partial charge >= 0.3 is 58.5 Å². The molecular weight excluding hydrogens is 425 g/mol. The first-order chi connectivity index (χ1) is 10.8. The molecule has 0 atom stereocenters. The Morgan fingerprint density at radius 3 is 1.50 bits per heavy atom. The number of unbranched alkanes of at least 4 members (excludes halogenated alkanes) is 3. The second kappa shape index (κ2) is 8.70. The van der Waals surface area contributed by atoms with Gasteiger partial charge in [-0.05, 0) is 6.42 Å². The van der Waals surface area contributed by atoms with Gasteiger partial charge in [-0.15, -0.1) is 0 Å². The van der Waals surface area contributed by atoms with E-state index in [4.69, 9.17) is 0 Å². The molecule has 0 saturated heterocycles. The van der Waals surface area contributed by atoms with Gasteiger partial charge in [-0.1, -0.05) is 26.2 Å². The monoisotopic (exact) mass is 438 g/mol. The Morgan fingerprint density at radius 1 is 0.731 bits per heavy atom. The summed E-state index contributed by atoms with van der Waals surface area (Å²) in [5, 5.41) is -7.24. The second-order valence-electron chi connectivity index (χ2n) is 5.21. The smallest absolute Gasteiger partial charge is 0.743 e. The maximum Gasteiger partial charge on any atom is 1.00 e. The van der Waals surface area contributed by atoms with E-state index in [1.54, 1.807) is 6.92 Å². The van der Waals surface area contributed by atoms with Gasteiger partial charge in [0.05, 0.1) is 0 Å². The van der Waals surface area contributed by atoms with E-state index in [0.717, 1.165) is 0 Å². The first-order valence-corrected chi connectivity index (χ1v) is 8.06. The molecule has 0 fully saturated rings. The topological polar surface area (TPSA) is 57.2 Å². The molecule has 3 nitrogen and oxygen atoms in total. The normalized spacial score (nSPS) is 14.9. The van der Waals surface area contributed by atoms with Crippen LogP contribution in [0.2, 0.25) is 0 Å². The van der Waals surface area contributed by atoms with Crippen molar-refractivity contribution in [1.82, 2.24) is 0 Å². The molecule has 0 rings (SSSR count). The molecule has 0 aromatic carbocycles. The number of alkyl halides is 10. The van der Waals surface area contributed by atoms with E-state index in [1.165, 1.54) is 0 Å². The summed E-state index contributed by atoms with van der Waals surface area (Å²) in [4.78, 5) is 0. The minimum Gasteiger partial charge on any atom is -0.743 e. The standard InChI is InChI=1S/C11H14F10O3S.Na/c1-2-3-4-5-6-7(12,13)8(14,15)9(16,17)10(18,19)11(20,21)25(22,23)24;/h2-6H2,1H3,(H,22,23,24);/q;+1/p-1. The van der Waals surface area contributed by atoms with Gasteiger partial charge in [-0.2, -0.15) is 43.9 Å². The van der Waals surface area contributed by atoms with Crippen LogP contribution in [-0.2, 0) is 10.1 Å². The van der Waals surface area contributed by atoms with Crippen molar-refractivity contribution in [2.75, 3.05) is 0 Å². The van der Waals surface area contributed by atoms with Gasteiger partial charge in [0.1, 0.15) is 0 Å². The van der Waals surface area contributed by atoms with E-state index >= 15 is 0 Å². The summed E-state index contributed by atoms with van der Waals surface area (Å²) in [7, 11) is -7.56. The molecule has 0 amide bonds. The van der Waals surface area contributed by atoms with E-state index in [1.807, 2.05) is 0 Å². The quantitative estimate of drug-likeness (QED) is 0.226. The van der Waals surface area contributed by atoms with Crippen LogP contribution in [0.1, 0.15) is 39.0 Å². The van der Waals surface area contributed by atoms with Gasteiger partial charge in [0.2, 0.25) is 0 Å². The number of rotatable bonds is 10. The molecular formula is C11H13F10NaO3S. The molecule has 15 heteroatoms. The first-order valence-electron chi connectivity index (χ1n) is 6.65. The fraction of sp³-hybridized carbons (Fsp3) is 1.00. The average Bonchev–Trinajstić information content (AvgIpc) is 2.41. The van der Waals surface area contributed by atoms with Crippen molar-refractivity contribution < 1.29 is 86.4 Å². The molecule has 26 heavy (non-hydrogen) atoms. The molecule has 0 aromatic heterocycles. The largest absolute Gasteiger partial charge is 1.00 e. The summed E-state index contributed by atoms with van der Waals surface area (Å²) in [5.41, 5.74) is 0. The molecule has 0 N–H and O–H groups in total. The van der Waals surface area contributed by atoms with Crippen LogP contribution >= 0.6 is 0 Å². The van der Waals surface area contributed by atoms with E-state index in [9.17, 15) is 56.9 Å². The van der Waals surface area contributed by atoms with Gasteiger partial charge in [0.25, 0.3) is 0 Å². The van der Waals surface area contributed by atoms with Crippen molar-refractivity contribution in [3.63, 3.8) is 0 Å². The molecule has 0 heterocycles. The Kier molecular flexibility index (Phi) is 9.51. The van der Waals surface area contributed by atoms with Crippen molar-refractivity contribution in [2.45, 2.75) is 68.0 Å². The fourth-order valence-corrected chi connectivity index (χ4v) is 2.14. The number of hydrogen-bond acceptors (Lipinski definition) is 3. The molecule has 0 aliphatic rings. The van der Waals surface area contributed by atoms with Crippen molar-refractivity contribution in [1.29, 1.82) is 0 Å². The summed E-state index contributed by atoms with van der Waals surface area (Å²) in [5.74, 6) is -28.0. The van der Waals surface area contributed by atoms with Crippen LogP contribution < -0.4 is 29.6 Å². The van der Waals surface area contributed by atoms with Crippen LogP contribution in [-0.4, -0.2) is 41.9 Å². The molecule has 0 unspecified atom stereocenters. The van der Waals surface area contributed by atoms with Gasteiger partial charge < -0.3 is 4.55 Å². The van der Waals surface area contributed by atoms with Gasteiger partial charge in [-0.25, -0.2) is 8.42 Å². The summed E-state index contributed by atoms with van der Waals surface area (Å²) >= 11 is 0. The molecule has 0 aliphatic heterocycles. The maximum atomic E-state index is 13.3. The average molecular weight is 438 g/mol. The third kappa shape index (κ3) is 4.78. The van der Waals surface area contributed by atoms with Gasteiger partial charge in [0, 0.05) is 6.42 Å². The fourth-order valence-electron chi connectivity index (χ4n) is 1.70. The van der Waals surface area contributed by atoms with Crippen LogP contribution in [0.4, 0.5) is 43.9 Å². The minimum atomic E-state index is -7.59. The van der Waals surface area contributed by atoms with Crippen molar-refractivity contribution >= 4 is 10.1 Å². The number of hydrogen-bond donors (Lipinski definition) is 0. The van der Waals surface area contributed by atoms with E-state index in [-0.39, 0.29) is 42.4 Å². The zero-order valence-corrected chi connectivity index (χ0v) is 16.3. The first kappa shape index (κ1) is 28.4. The molecule has 0 spiro atoms. The summed E-state index contributed by atoms with van der Waals surface area (Å²) in [6.07, 6.45) is -2.37. The Balaban J connectivity index is 0. The Morgan fingerprint density at radius 2 is 1.15 bits per heavy atom. The summed E-state index contributed by atoms with van der Waals surface area (Å²) in [6.45, 7) is 1.58. The SMILES string of the molecule is CCCCCCC(F)(F)C(F)(F)C(F)(F)C(F)(F)C(F)(F)S(=O)(=O)[O-].[Na+]. The molecule has 0 saturated carbocycles. The van der Waals surface area contributed by atoms with Crippen LogP contribution in [0.5, 0.6) is 0 Å². The van der Waals surface area contributed by atoms with Gasteiger partial charge in [0.15, 0.2) is 10.1 Å². The van der Waals surface area contributed by atoms with Crippen molar-refractivity contribution in [3.8, 4) is 0 Å². The Bertz CT molecular complexity index is 565. The Hall–Kier alpha value is 0.210. The molecule has 0 aliphatic carbocycles. The Labute approximate surface area is 164 Å². The zero-order valence-electron chi connectivity index (χ0n) is 13.4. The van der Waals surface area contributed by atoms with Gasteiger partial charge in [-0.3, -0.25) is 0 Å². The van der Waals surface area contributed by atoms with Crippen molar-refractivity contribution in [3.05, 3.63) is 0 Å². The van der Waals surface area contributed by atoms with Crippen LogP contribution in [0.3, 0.4) is 0 Å². The summed E-state index contributed by atoms with van der Waals surface area (Å²) in [6, 6.07) is 0. The van der Waals surface area contributed by atoms with Crippen LogP contribution in [0.25, 0.3) is 0 Å². The molecule has 0 bridgehead atoms. The molecule has 0 aromatic rings. The van der Waals surface area contributed by atoms with Crippen LogP contribution in [0, 0.1) is 0 Å². The van der Waals surface area contributed by atoms with Crippen molar-refractivity contribution in [2.24, 2.45) is 0 Å². The third-order valence-corrected chi connectivity index (χ3v) is 4.16. The predicted octanol–water partition coefficient (Wildman–Crippen LogP) is 1.64. The number of halogens is 10. The minimum absolute atomic E-state index is 0. The van der Waals surface area contributed by atoms with Crippen LogP contribution in [0.15, 0.2) is 0 Å². The molecule has 152 valence electrons. The molecule has 0 radical (unpaired) electrons. The third-order valence-electron chi connectivity index (χ3n) is 3.27. The predicted molar refractivity (Wildman–Crippen MR) is 63.2 cm³/mol. The van der Waals surface area contributed by atoms with E-state index < -0.39 is 51.9 Å². The van der Waals surface area contributed by atoms with E-state index in [0.29, 0.717) is 6.42 Å². The maximum absolute atomic E-state index is 13.3. The van der Waals surface area contributed by atoms with E-state index in [2.05, 4.69) is 0 Å². The second-order valence-corrected chi connectivity index (χ2v) is 6.63.